The van der Waals surface area contributed by atoms with Gasteiger partial charge in [-0.2, -0.15) is 0 Å². The number of carbonyl (C=O) groups excluding carboxylic acids is 1. The number of benzene rings is 4. The lowest BCUT2D eigenvalue weighted by molar-refractivity contribution is 0.102. The van der Waals surface area contributed by atoms with E-state index in [1.165, 1.54) is 12.1 Å². The molecule has 4 rings (SSSR count). The Balaban J connectivity index is 1.80. The van der Waals surface area contributed by atoms with Crippen LogP contribution in [-0.2, 0) is 0 Å². The van der Waals surface area contributed by atoms with Crippen molar-refractivity contribution in [2.24, 2.45) is 16.7 Å². The van der Waals surface area contributed by atoms with Crippen molar-refractivity contribution in [1.82, 2.24) is 5.53 Å². The van der Waals surface area contributed by atoms with E-state index >= 15 is 0 Å². The number of amides is 1. The highest BCUT2D eigenvalue weighted by atomic mass is 79.9. The molecule has 0 bridgehead atoms. The summed E-state index contributed by atoms with van der Waals surface area (Å²) in [6.45, 7) is 1.90. The average molecular weight is 506 g/mol. The van der Waals surface area contributed by atoms with E-state index in [4.69, 9.17) is 11.6 Å². The van der Waals surface area contributed by atoms with Crippen LogP contribution in [0.4, 0.5) is 10.1 Å². The number of nitrogens with two attached hydrogens (primary N) is 2. The number of carbonyl (C=O) groups is 1. The second-order valence-corrected chi connectivity index (χ2v) is 8.35. The number of amidine groups is 1. The second-order valence-electron chi connectivity index (χ2n) is 7.43. The first-order valence-electron chi connectivity index (χ1n) is 10.1. The number of fused-ring (bicyclic) bond motifs is 1. The molecule has 4 aromatic rings. The first kappa shape index (κ1) is 22.4. The summed E-state index contributed by atoms with van der Waals surface area (Å²) in [6, 6.07) is 21.8. The van der Waals surface area contributed by atoms with Gasteiger partial charge in [-0.3, -0.25) is 4.79 Å². The van der Waals surface area contributed by atoms with Gasteiger partial charge in [0.05, 0.1) is 11.3 Å². The molecule has 8 heteroatoms. The number of anilines is 1. The Morgan fingerprint density at radius 3 is 2.48 bits per heavy atom. The van der Waals surface area contributed by atoms with Crippen LogP contribution in [0.3, 0.4) is 0 Å². The van der Waals surface area contributed by atoms with E-state index in [0.29, 0.717) is 11.1 Å². The van der Waals surface area contributed by atoms with Gasteiger partial charge in [0.25, 0.3) is 5.91 Å². The molecule has 0 atom stereocenters. The van der Waals surface area contributed by atoms with Crippen LogP contribution in [0, 0.1) is 12.7 Å². The normalized spacial score (nSPS) is 11.5. The van der Waals surface area contributed by atoms with E-state index in [9.17, 15) is 9.18 Å². The number of hydrogen-bond acceptors (Lipinski definition) is 4. The minimum Gasteiger partial charge on any atom is -0.382 e. The van der Waals surface area contributed by atoms with Gasteiger partial charge in [0.1, 0.15) is 5.82 Å². The first-order chi connectivity index (χ1) is 15.9. The van der Waals surface area contributed by atoms with Crippen LogP contribution in [0.25, 0.3) is 21.9 Å². The third-order valence-electron chi connectivity index (χ3n) is 5.37. The van der Waals surface area contributed by atoms with Crippen molar-refractivity contribution >= 4 is 44.1 Å². The number of rotatable bonds is 5. The van der Waals surface area contributed by atoms with Crippen molar-refractivity contribution in [2.45, 2.75) is 6.92 Å². The third-order valence-corrected chi connectivity index (χ3v) is 5.87. The average Bonchev–Trinajstić information content (AvgIpc) is 2.80. The summed E-state index contributed by atoms with van der Waals surface area (Å²) >= 11 is 3.49. The van der Waals surface area contributed by atoms with Crippen LogP contribution in [0.15, 0.2) is 82.4 Å². The van der Waals surface area contributed by atoms with Gasteiger partial charge in [-0.05, 0) is 70.8 Å². The number of nitrogens with one attached hydrogen (secondary N) is 2. The molecule has 6 N–H and O–H groups in total. The summed E-state index contributed by atoms with van der Waals surface area (Å²) in [5.41, 5.74) is 11.4. The Bertz CT molecular complexity index is 1390. The molecule has 1 amide bonds. The SMILES string of the molecule is Cc1c(-c2ccccc2)cc2ccc(Br)cc2c1C(=O)Nc1ccc(/C(N)=N/NN)cc1F. The molecule has 6 nitrogen and oxygen atoms in total. The quantitative estimate of drug-likeness (QED) is 0.132. The number of hydrazone groups is 1. The molecule has 0 aliphatic rings. The molecule has 166 valence electrons. The van der Waals surface area contributed by atoms with Gasteiger partial charge in [0.2, 0.25) is 0 Å². The minimum atomic E-state index is -0.640. The van der Waals surface area contributed by atoms with Crippen LogP contribution >= 0.6 is 15.9 Å². The fraction of sp³-hybridized carbons (Fsp3) is 0.0400. The molecule has 0 heterocycles. The molecule has 0 radical (unpaired) electrons. The monoisotopic (exact) mass is 505 g/mol. The maximum atomic E-state index is 14.8. The highest BCUT2D eigenvalue weighted by Gasteiger charge is 2.19. The van der Waals surface area contributed by atoms with Gasteiger partial charge < -0.3 is 11.1 Å². The predicted molar refractivity (Wildman–Crippen MR) is 134 cm³/mol. The summed E-state index contributed by atoms with van der Waals surface area (Å²) in [7, 11) is 0. The fourth-order valence-corrected chi connectivity index (χ4v) is 4.14. The molecular weight excluding hydrogens is 485 g/mol. The topological polar surface area (TPSA) is 106 Å². The van der Waals surface area contributed by atoms with E-state index in [2.05, 4.69) is 37.9 Å². The van der Waals surface area contributed by atoms with Crippen LogP contribution < -0.4 is 22.4 Å². The van der Waals surface area contributed by atoms with Crippen LogP contribution in [0.1, 0.15) is 21.5 Å². The maximum absolute atomic E-state index is 14.8. The Morgan fingerprint density at radius 2 is 1.79 bits per heavy atom. The van der Waals surface area contributed by atoms with Crippen molar-refractivity contribution in [2.75, 3.05) is 5.32 Å². The smallest absolute Gasteiger partial charge is 0.256 e. The summed E-state index contributed by atoms with van der Waals surface area (Å²) in [4.78, 5) is 13.4. The lowest BCUT2D eigenvalue weighted by atomic mass is 9.91. The number of hydrogen-bond donors (Lipinski definition) is 4. The van der Waals surface area contributed by atoms with Gasteiger partial charge in [0.15, 0.2) is 5.84 Å². The van der Waals surface area contributed by atoms with Crippen molar-refractivity contribution in [3.63, 3.8) is 0 Å². The molecule has 0 spiro atoms. The molecule has 0 saturated heterocycles. The Labute approximate surface area is 198 Å². The first-order valence-corrected chi connectivity index (χ1v) is 10.9. The van der Waals surface area contributed by atoms with Crippen LogP contribution in [-0.4, -0.2) is 11.7 Å². The standard InChI is InChI=1S/C25H21BrFN5O/c1-14-19(15-5-3-2-4-6-15)11-16-7-9-18(26)13-20(16)23(14)25(33)30-22-10-8-17(12-21(22)27)24(28)31-32-29/h2-13,32H,29H2,1H3,(H2,28,31)(H,30,33). The number of halogens is 2. The van der Waals surface area contributed by atoms with E-state index in [0.717, 1.165) is 31.9 Å². The zero-order valence-corrected chi connectivity index (χ0v) is 19.3. The molecule has 4 aromatic carbocycles. The van der Waals surface area contributed by atoms with Gasteiger partial charge in [0, 0.05) is 10.0 Å². The number of hydrazine groups is 1. The van der Waals surface area contributed by atoms with E-state index in [-0.39, 0.29) is 11.5 Å². The summed E-state index contributed by atoms with van der Waals surface area (Å²) in [6.07, 6.45) is 0. The van der Waals surface area contributed by atoms with Gasteiger partial charge in [-0.25, -0.2) is 15.8 Å². The van der Waals surface area contributed by atoms with E-state index in [1.54, 1.807) is 6.07 Å². The summed E-state index contributed by atoms with van der Waals surface area (Å²) < 4.78 is 15.6. The molecule has 0 aliphatic carbocycles. The molecule has 0 aliphatic heterocycles. The molecule has 0 fully saturated rings. The Morgan fingerprint density at radius 1 is 1.03 bits per heavy atom. The highest BCUT2D eigenvalue weighted by molar-refractivity contribution is 9.10. The Kier molecular flexibility index (Phi) is 6.39. The van der Waals surface area contributed by atoms with Gasteiger partial charge in [-0.1, -0.05) is 52.3 Å². The molecule has 0 saturated carbocycles. The second kappa shape index (κ2) is 9.40. The van der Waals surface area contributed by atoms with E-state index < -0.39 is 11.7 Å². The molecule has 33 heavy (non-hydrogen) atoms. The zero-order chi connectivity index (χ0) is 23.5. The van der Waals surface area contributed by atoms with Crippen molar-refractivity contribution in [3.05, 3.63) is 99.8 Å². The number of nitrogens with zero attached hydrogens (tertiary/aromatic N) is 1. The fourth-order valence-electron chi connectivity index (χ4n) is 3.78. The predicted octanol–water partition coefficient (Wildman–Crippen LogP) is 5.05. The zero-order valence-electron chi connectivity index (χ0n) is 17.7. The maximum Gasteiger partial charge on any atom is 0.256 e. The van der Waals surface area contributed by atoms with Gasteiger partial charge in [-0.15, -0.1) is 5.10 Å². The molecule has 0 unspecified atom stereocenters. The van der Waals surface area contributed by atoms with Crippen molar-refractivity contribution < 1.29 is 9.18 Å². The minimum absolute atomic E-state index is 0.0246. The van der Waals surface area contributed by atoms with Crippen LogP contribution in [0.5, 0.6) is 0 Å². The largest absolute Gasteiger partial charge is 0.382 e. The van der Waals surface area contributed by atoms with Crippen molar-refractivity contribution in [3.8, 4) is 11.1 Å². The lowest BCUT2D eigenvalue weighted by Crippen LogP contribution is -2.23. The third kappa shape index (κ3) is 4.57. The van der Waals surface area contributed by atoms with E-state index in [1.807, 2.05) is 55.5 Å². The summed E-state index contributed by atoms with van der Waals surface area (Å²) in [5.74, 6) is 4.09. The highest BCUT2D eigenvalue weighted by Crippen LogP contribution is 2.34. The van der Waals surface area contributed by atoms with Gasteiger partial charge >= 0.3 is 0 Å². The Hall–Kier alpha value is -3.75. The van der Waals surface area contributed by atoms with Crippen molar-refractivity contribution in [1.29, 1.82) is 0 Å². The molecule has 0 aromatic heterocycles. The van der Waals surface area contributed by atoms with Crippen LogP contribution in [0.2, 0.25) is 0 Å². The molecular formula is C25H21BrFN5O. The summed E-state index contributed by atoms with van der Waals surface area (Å²) in [5, 5.41) is 8.01. The lowest BCUT2D eigenvalue weighted by Gasteiger charge is -2.16.